The van der Waals surface area contributed by atoms with Crippen molar-refractivity contribution in [2.75, 3.05) is 11.9 Å². The van der Waals surface area contributed by atoms with E-state index in [-0.39, 0.29) is 18.9 Å². The summed E-state index contributed by atoms with van der Waals surface area (Å²) in [6, 6.07) is 10.9. The number of aromatic nitrogens is 2. The van der Waals surface area contributed by atoms with Gasteiger partial charge in [0.15, 0.2) is 12.7 Å². The number of hydrogen-bond donors (Lipinski definition) is 1. The van der Waals surface area contributed by atoms with Crippen molar-refractivity contribution in [2.24, 2.45) is 0 Å². The minimum Gasteiger partial charge on any atom is -0.481 e. The largest absolute Gasteiger partial charge is 0.481 e. The fourth-order valence-electron chi connectivity index (χ4n) is 1.82. The molecule has 0 fully saturated rings. The second kappa shape index (κ2) is 6.60. The van der Waals surface area contributed by atoms with Gasteiger partial charge in [0.25, 0.3) is 5.91 Å². The first-order chi connectivity index (χ1) is 10.1. The van der Waals surface area contributed by atoms with Crippen LogP contribution in [0.4, 0.5) is 5.69 Å². The number of nitrogens with zero attached hydrogens (tertiary/aromatic N) is 3. The van der Waals surface area contributed by atoms with Crippen LogP contribution >= 0.6 is 0 Å². The Bertz CT molecular complexity index is 626. The second-order valence-corrected chi connectivity index (χ2v) is 4.52. The van der Waals surface area contributed by atoms with E-state index < -0.39 is 5.97 Å². The van der Waals surface area contributed by atoms with Gasteiger partial charge in [-0.25, -0.2) is 0 Å². The molecule has 1 aromatic heterocycles. The zero-order valence-electron chi connectivity index (χ0n) is 11.6. The number of carbonyl (C=O) groups is 2. The van der Waals surface area contributed by atoms with Crippen LogP contribution in [-0.2, 0) is 11.3 Å². The van der Waals surface area contributed by atoms with E-state index in [4.69, 9.17) is 5.11 Å². The highest BCUT2D eigenvalue weighted by Gasteiger charge is 2.15. The lowest BCUT2D eigenvalue weighted by molar-refractivity contribution is -0.753. The molecule has 0 aliphatic heterocycles. The molecular weight excluding hydrogens is 270 g/mol. The van der Waals surface area contributed by atoms with E-state index in [2.05, 4.69) is 5.10 Å². The van der Waals surface area contributed by atoms with Crippen molar-refractivity contribution in [3.05, 3.63) is 54.4 Å². The minimum atomic E-state index is -0.881. The van der Waals surface area contributed by atoms with Crippen LogP contribution in [0, 0.1) is 0 Å². The number of aryl methyl sites for hydroxylation is 1. The Hall–Kier alpha value is -2.76. The van der Waals surface area contributed by atoms with Gasteiger partial charge in [0.05, 0.1) is 5.56 Å². The van der Waals surface area contributed by atoms with Crippen molar-refractivity contribution in [1.82, 2.24) is 5.10 Å². The number of para-hydroxylation sites is 1. The summed E-state index contributed by atoms with van der Waals surface area (Å²) in [4.78, 5) is 24.3. The highest BCUT2D eigenvalue weighted by atomic mass is 16.4. The first-order valence-corrected chi connectivity index (χ1v) is 6.48. The minimum absolute atomic E-state index is 0.00508. The van der Waals surface area contributed by atoms with Gasteiger partial charge in [0.1, 0.15) is 12.6 Å². The number of carbonyl (C=O) groups excluding carboxylic acids is 1. The predicted octanol–water partition coefficient (Wildman–Crippen LogP) is 1.12. The summed E-state index contributed by atoms with van der Waals surface area (Å²) in [6.45, 7) is 0.276. The van der Waals surface area contributed by atoms with E-state index in [1.54, 1.807) is 24.2 Å². The summed E-state index contributed by atoms with van der Waals surface area (Å²) >= 11 is 0. The molecule has 0 spiro atoms. The average Bonchev–Trinajstić information content (AvgIpc) is 2.53. The first kappa shape index (κ1) is 14.6. The van der Waals surface area contributed by atoms with Crippen LogP contribution in [0.2, 0.25) is 0 Å². The van der Waals surface area contributed by atoms with Gasteiger partial charge in [-0.05, 0) is 17.2 Å². The number of carboxylic acid groups (broad SMARTS) is 1. The lowest BCUT2D eigenvalue weighted by Crippen LogP contribution is -2.39. The molecule has 1 amide bonds. The maximum absolute atomic E-state index is 12.3. The fraction of sp³-hybridized carbons (Fsp3) is 0.200. The van der Waals surface area contributed by atoms with Crippen LogP contribution < -0.4 is 9.58 Å². The fourth-order valence-corrected chi connectivity index (χ4v) is 1.82. The van der Waals surface area contributed by atoms with Crippen LogP contribution in [0.1, 0.15) is 16.8 Å². The molecule has 2 aromatic rings. The highest BCUT2D eigenvalue weighted by molar-refractivity contribution is 6.05. The molecule has 6 heteroatoms. The highest BCUT2D eigenvalue weighted by Crippen LogP contribution is 2.13. The topological polar surface area (TPSA) is 74.4 Å². The molecule has 1 aromatic carbocycles. The molecule has 1 N–H and O–H groups in total. The van der Waals surface area contributed by atoms with Crippen molar-refractivity contribution in [2.45, 2.75) is 13.0 Å². The molecule has 0 saturated carbocycles. The Morgan fingerprint density at radius 1 is 1.24 bits per heavy atom. The zero-order valence-corrected chi connectivity index (χ0v) is 11.6. The zero-order chi connectivity index (χ0) is 15.2. The molecule has 1 heterocycles. The van der Waals surface area contributed by atoms with E-state index in [0.29, 0.717) is 5.56 Å². The van der Waals surface area contributed by atoms with Gasteiger partial charge in [-0.1, -0.05) is 22.9 Å². The van der Waals surface area contributed by atoms with Gasteiger partial charge >= 0.3 is 5.97 Å². The summed E-state index contributed by atoms with van der Waals surface area (Å²) in [6.07, 6.45) is 3.05. The maximum atomic E-state index is 12.3. The molecule has 21 heavy (non-hydrogen) atoms. The SMILES string of the molecule is CN(C(=O)c1cc[n+](CCC(=O)O)nc1)c1ccccc1. The number of benzene rings is 1. The number of anilines is 1. The normalized spacial score (nSPS) is 10.1. The third-order valence-electron chi connectivity index (χ3n) is 3.02. The smallest absolute Gasteiger partial charge is 0.309 e. The molecule has 108 valence electrons. The van der Waals surface area contributed by atoms with Crippen LogP contribution in [-0.4, -0.2) is 29.1 Å². The van der Waals surface area contributed by atoms with Crippen molar-refractivity contribution in [1.29, 1.82) is 0 Å². The Balaban J connectivity index is 2.08. The van der Waals surface area contributed by atoms with E-state index in [1.165, 1.54) is 10.9 Å². The van der Waals surface area contributed by atoms with Gasteiger partial charge in [-0.2, -0.15) is 0 Å². The Kier molecular flexibility index (Phi) is 4.61. The van der Waals surface area contributed by atoms with Crippen molar-refractivity contribution in [3.8, 4) is 0 Å². The number of amides is 1. The summed E-state index contributed by atoms with van der Waals surface area (Å²) in [5.41, 5.74) is 1.25. The van der Waals surface area contributed by atoms with Crippen molar-refractivity contribution >= 4 is 17.6 Å². The molecule has 6 nitrogen and oxygen atoms in total. The standard InChI is InChI=1S/C15H15N3O3/c1-17(13-5-3-2-4-6-13)15(21)12-7-9-18(16-11-12)10-8-14(19)20/h2-7,9,11H,8,10H2,1H3/p+1. The number of carboxylic acids is 1. The summed E-state index contributed by atoms with van der Waals surface area (Å²) in [5, 5.41) is 12.7. The second-order valence-electron chi connectivity index (χ2n) is 4.52. The molecule has 0 aliphatic rings. The molecule has 0 unspecified atom stereocenters. The van der Waals surface area contributed by atoms with E-state index in [9.17, 15) is 9.59 Å². The third-order valence-corrected chi connectivity index (χ3v) is 3.02. The molecule has 0 bridgehead atoms. The van der Waals surface area contributed by atoms with Gasteiger partial charge in [-0.3, -0.25) is 9.59 Å². The Morgan fingerprint density at radius 2 is 1.95 bits per heavy atom. The third kappa shape index (κ3) is 3.85. The van der Waals surface area contributed by atoms with E-state index in [0.717, 1.165) is 5.69 Å². The predicted molar refractivity (Wildman–Crippen MR) is 75.9 cm³/mol. The monoisotopic (exact) mass is 286 g/mol. The van der Waals surface area contributed by atoms with Crippen molar-refractivity contribution < 1.29 is 19.4 Å². The molecule has 2 rings (SSSR count). The summed E-state index contributed by atoms with van der Waals surface area (Å²) in [5.74, 6) is -1.05. The molecule has 0 atom stereocenters. The lowest BCUT2D eigenvalue weighted by atomic mass is 10.2. The van der Waals surface area contributed by atoms with Crippen molar-refractivity contribution in [3.63, 3.8) is 0 Å². The van der Waals surface area contributed by atoms with Crippen LogP contribution in [0.5, 0.6) is 0 Å². The average molecular weight is 286 g/mol. The number of hydrogen-bond acceptors (Lipinski definition) is 3. The number of aliphatic carboxylic acids is 1. The van der Waals surface area contributed by atoms with Gasteiger partial charge < -0.3 is 10.0 Å². The van der Waals surface area contributed by atoms with Gasteiger partial charge in [-0.15, -0.1) is 0 Å². The van der Waals surface area contributed by atoms with Crippen LogP contribution in [0.15, 0.2) is 48.8 Å². The van der Waals surface area contributed by atoms with E-state index >= 15 is 0 Å². The molecule has 0 radical (unpaired) electrons. The molecule has 0 saturated heterocycles. The first-order valence-electron chi connectivity index (χ1n) is 6.48. The molecular formula is C15H16N3O3+. The van der Waals surface area contributed by atoms with Gasteiger partial charge in [0, 0.05) is 18.8 Å². The maximum Gasteiger partial charge on any atom is 0.309 e. The van der Waals surface area contributed by atoms with E-state index in [1.807, 2.05) is 30.3 Å². The quantitative estimate of drug-likeness (QED) is 0.836. The number of rotatable bonds is 5. The van der Waals surface area contributed by atoms with Crippen LogP contribution in [0.3, 0.4) is 0 Å². The summed E-state index contributed by atoms with van der Waals surface area (Å²) < 4.78 is 1.49. The summed E-state index contributed by atoms with van der Waals surface area (Å²) in [7, 11) is 1.70. The Morgan fingerprint density at radius 3 is 2.52 bits per heavy atom. The lowest BCUT2D eigenvalue weighted by Gasteiger charge is -2.16. The Labute approximate surface area is 122 Å². The molecule has 0 aliphatic carbocycles. The van der Waals surface area contributed by atoms with Gasteiger partial charge in [0.2, 0.25) is 0 Å². The van der Waals surface area contributed by atoms with Crippen LogP contribution in [0.25, 0.3) is 0 Å².